The van der Waals surface area contributed by atoms with Crippen molar-refractivity contribution in [3.05, 3.63) is 59.9 Å². The highest BCUT2D eigenvalue weighted by Gasteiger charge is 2.14. The number of Topliss-reactive ketones (excluding diaryl/α,β-unsaturated/α-hetero) is 1. The lowest BCUT2D eigenvalue weighted by Gasteiger charge is -2.07. The van der Waals surface area contributed by atoms with Crippen molar-refractivity contribution in [2.75, 3.05) is 0 Å². The summed E-state index contributed by atoms with van der Waals surface area (Å²) in [6, 6.07) is 9.14. The number of aromatic nitrogens is 2. The van der Waals surface area contributed by atoms with Gasteiger partial charge in [0.1, 0.15) is 23.5 Å². The fraction of sp³-hybridized carbons (Fsp3) is 0.316. The maximum atomic E-state index is 13.0. The van der Waals surface area contributed by atoms with Gasteiger partial charge in [-0.15, -0.1) is 0 Å². The predicted molar refractivity (Wildman–Crippen MR) is 92.7 cm³/mol. The zero-order chi connectivity index (χ0) is 18.4. The van der Waals surface area contributed by atoms with Crippen LogP contribution in [-0.4, -0.2) is 16.1 Å². The van der Waals surface area contributed by atoms with E-state index < -0.39 is 0 Å². The van der Waals surface area contributed by atoms with E-state index in [9.17, 15) is 9.18 Å². The van der Waals surface area contributed by atoms with Crippen molar-refractivity contribution in [2.24, 2.45) is 5.73 Å². The van der Waals surface area contributed by atoms with E-state index in [-0.39, 0.29) is 17.6 Å². The van der Waals surface area contributed by atoms with Gasteiger partial charge in [-0.2, -0.15) is 0 Å². The minimum Gasteiger partial charge on any atom is -0.364 e. The number of ketones is 1. The Morgan fingerprint density at radius 1 is 1.12 bits per heavy atom. The number of hydrogen-bond donors (Lipinski definition) is 1. The number of carbonyl (C=O) groups is 1. The quantitative estimate of drug-likeness (QED) is 0.453. The third-order valence-corrected chi connectivity index (χ3v) is 4.18. The molecule has 3 rings (SSSR count). The number of rotatable bonds is 9. The van der Waals surface area contributed by atoms with Crippen molar-refractivity contribution in [3.63, 3.8) is 0 Å². The summed E-state index contributed by atoms with van der Waals surface area (Å²) in [7, 11) is 0. The molecule has 0 radical (unpaired) electrons. The molecule has 0 saturated carbocycles. The van der Waals surface area contributed by atoms with E-state index >= 15 is 0 Å². The zero-order valence-corrected chi connectivity index (χ0v) is 14.2. The van der Waals surface area contributed by atoms with Gasteiger partial charge in [0.25, 0.3) is 0 Å². The maximum Gasteiger partial charge on any atom is 0.184 e. The van der Waals surface area contributed by atoms with Gasteiger partial charge in [0.15, 0.2) is 11.5 Å². The van der Waals surface area contributed by atoms with Crippen LogP contribution >= 0.6 is 0 Å². The summed E-state index contributed by atoms with van der Waals surface area (Å²) in [6.45, 7) is 0. The van der Waals surface area contributed by atoms with Crippen LogP contribution < -0.4 is 5.73 Å². The molecule has 0 aliphatic heterocycles. The van der Waals surface area contributed by atoms with Crippen molar-refractivity contribution < 1.29 is 18.2 Å². The molecule has 2 aromatic heterocycles. The van der Waals surface area contributed by atoms with Gasteiger partial charge in [0.2, 0.25) is 0 Å². The van der Waals surface area contributed by atoms with Gasteiger partial charge in [0.05, 0.1) is 6.04 Å². The molecular weight excluding hydrogens is 337 g/mol. The molecule has 136 valence electrons. The van der Waals surface area contributed by atoms with Gasteiger partial charge in [-0.05, 0) is 37.1 Å². The van der Waals surface area contributed by atoms with Crippen LogP contribution in [0.3, 0.4) is 0 Å². The lowest BCUT2D eigenvalue weighted by molar-refractivity contribution is 0.0970. The summed E-state index contributed by atoms with van der Waals surface area (Å²) in [5.74, 6) is 0.254. The van der Waals surface area contributed by atoms with Crippen LogP contribution in [0, 0.1) is 5.82 Å². The van der Waals surface area contributed by atoms with Crippen LogP contribution in [0.15, 0.2) is 51.7 Å². The van der Waals surface area contributed by atoms with Gasteiger partial charge in [-0.3, -0.25) is 4.79 Å². The molecule has 0 spiro atoms. The topological polar surface area (TPSA) is 95.2 Å². The average Bonchev–Trinajstić information content (AvgIpc) is 3.34. The summed E-state index contributed by atoms with van der Waals surface area (Å²) in [4.78, 5) is 11.8. The van der Waals surface area contributed by atoms with E-state index in [1.807, 2.05) is 0 Å². The smallest absolute Gasteiger partial charge is 0.184 e. The summed E-state index contributed by atoms with van der Waals surface area (Å²) in [5, 5.41) is 7.64. The molecule has 26 heavy (non-hydrogen) atoms. The molecular formula is C19H20FN3O3. The minimum absolute atomic E-state index is 0.0107. The zero-order valence-electron chi connectivity index (χ0n) is 14.2. The highest BCUT2D eigenvalue weighted by Crippen LogP contribution is 2.24. The molecule has 7 heteroatoms. The van der Waals surface area contributed by atoms with Crippen LogP contribution in [0.4, 0.5) is 4.39 Å². The van der Waals surface area contributed by atoms with Crippen LogP contribution in [-0.2, 0) is 0 Å². The summed E-state index contributed by atoms with van der Waals surface area (Å²) in [5.41, 5.74) is 7.95. The lowest BCUT2D eigenvalue weighted by atomic mass is 10.0. The Kier molecular flexibility index (Phi) is 5.91. The van der Waals surface area contributed by atoms with Crippen molar-refractivity contribution in [1.29, 1.82) is 0 Å². The van der Waals surface area contributed by atoms with Crippen LogP contribution in [0.1, 0.15) is 54.3 Å². The van der Waals surface area contributed by atoms with Crippen molar-refractivity contribution in [2.45, 2.75) is 38.1 Å². The van der Waals surface area contributed by atoms with Crippen LogP contribution in [0.5, 0.6) is 0 Å². The first-order chi connectivity index (χ1) is 12.6. The second-order valence-corrected chi connectivity index (χ2v) is 6.14. The Hall–Kier alpha value is -2.80. The third-order valence-electron chi connectivity index (χ3n) is 4.18. The maximum absolute atomic E-state index is 13.0. The Bertz CT molecular complexity index is 828. The van der Waals surface area contributed by atoms with E-state index in [0.717, 1.165) is 31.2 Å². The standard InChI is InChI=1S/C19H20FN3O3/c20-14-8-6-13(7-9-14)19-12-17(23-26-19)15(21)4-2-1-3-5-18(24)16-10-11-25-22-16/h6-12,15H,1-5,21H2/t15-/m1/s1. The Morgan fingerprint density at radius 2 is 1.92 bits per heavy atom. The first kappa shape index (κ1) is 18.0. The third kappa shape index (κ3) is 4.64. The molecule has 3 aromatic rings. The molecule has 2 N–H and O–H groups in total. The molecule has 2 heterocycles. The molecule has 0 aliphatic rings. The van der Waals surface area contributed by atoms with Gasteiger partial charge >= 0.3 is 0 Å². The molecule has 0 unspecified atom stereocenters. The number of nitrogens with zero attached hydrogens (tertiary/aromatic N) is 2. The number of nitrogens with two attached hydrogens (primary N) is 1. The minimum atomic E-state index is -0.299. The normalized spacial score (nSPS) is 12.2. The summed E-state index contributed by atoms with van der Waals surface area (Å²) in [6.07, 6.45) is 5.13. The van der Waals surface area contributed by atoms with E-state index in [2.05, 4.69) is 14.8 Å². The molecule has 1 aromatic carbocycles. The second kappa shape index (κ2) is 8.53. The molecule has 1 atom stereocenters. The first-order valence-electron chi connectivity index (χ1n) is 8.55. The fourth-order valence-electron chi connectivity index (χ4n) is 2.67. The molecule has 0 saturated heterocycles. The SMILES string of the molecule is N[C@H](CCCCCC(=O)c1ccon1)c1cc(-c2ccc(F)cc2)on1. The number of unbranched alkanes of at least 4 members (excludes halogenated alkanes) is 2. The van der Waals surface area contributed by atoms with Gasteiger partial charge in [0, 0.05) is 24.1 Å². The molecule has 0 aliphatic carbocycles. The Balaban J connectivity index is 1.42. The van der Waals surface area contributed by atoms with Gasteiger partial charge < -0.3 is 14.8 Å². The number of benzene rings is 1. The number of carbonyl (C=O) groups excluding carboxylic acids is 1. The van der Waals surface area contributed by atoms with Crippen molar-refractivity contribution in [1.82, 2.24) is 10.3 Å². The van der Waals surface area contributed by atoms with Crippen molar-refractivity contribution in [3.8, 4) is 11.3 Å². The van der Waals surface area contributed by atoms with E-state index in [1.54, 1.807) is 24.3 Å². The Morgan fingerprint density at radius 3 is 2.65 bits per heavy atom. The Labute approximate surface area is 150 Å². The largest absolute Gasteiger partial charge is 0.364 e. The molecule has 6 nitrogen and oxygen atoms in total. The highest BCUT2D eigenvalue weighted by atomic mass is 19.1. The number of halogens is 1. The highest BCUT2D eigenvalue weighted by molar-refractivity contribution is 5.93. The fourth-order valence-corrected chi connectivity index (χ4v) is 2.67. The van der Waals surface area contributed by atoms with Crippen LogP contribution in [0.2, 0.25) is 0 Å². The molecule has 0 bridgehead atoms. The number of hydrogen-bond acceptors (Lipinski definition) is 6. The first-order valence-corrected chi connectivity index (χ1v) is 8.55. The summed E-state index contributed by atoms with van der Waals surface area (Å²) >= 11 is 0. The van der Waals surface area contributed by atoms with Gasteiger partial charge in [-0.1, -0.05) is 23.2 Å². The molecule has 0 amide bonds. The van der Waals surface area contributed by atoms with E-state index in [1.165, 1.54) is 18.4 Å². The summed E-state index contributed by atoms with van der Waals surface area (Å²) < 4.78 is 22.9. The predicted octanol–water partition coefficient (Wildman–Crippen LogP) is 4.30. The van der Waals surface area contributed by atoms with E-state index in [4.69, 9.17) is 10.3 Å². The lowest BCUT2D eigenvalue weighted by Crippen LogP contribution is -2.10. The van der Waals surface area contributed by atoms with Crippen molar-refractivity contribution >= 4 is 5.78 Å². The monoisotopic (exact) mass is 357 g/mol. The van der Waals surface area contributed by atoms with Crippen LogP contribution in [0.25, 0.3) is 11.3 Å². The average molecular weight is 357 g/mol. The second-order valence-electron chi connectivity index (χ2n) is 6.14. The van der Waals surface area contributed by atoms with Gasteiger partial charge in [-0.25, -0.2) is 4.39 Å². The molecule has 0 fully saturated rings. The van der Waals surface area contributed by atoms with E-state index in [0.29, 0.717) is 23.6 Å².